The van der Waals surface area contributed by atoms with Crippen LogP contribution < -0.4 is 26.1 Å². The molecule has 1 aliphatic carbocycles. The maximum atomic E-state index is 13.5. The van der Waals surface area contributed by atoms with Crippen LogP contribution in [0, 0.1) is 5.41 Å². The van der Waals surface area contributed by atoms with Gasteiger partial charge < -0.3 is 24.6 Å². The van der Waals surface area contributed by atoms with E-state index in [9.17, 15) is 19.2 Å². The van der Waals surface area contributed by atoms with Gasteiger partial charge in [-0.05, 0) is 74.3 Å². The van der Waals surface area contributed by atoms with Crippen molar-refractivity contribution in [1.82, 2.24) is 38.9 Å². The number of hydrogen-bond acceptors (Lipinski definition) is 10. The molecule has 3 aliphatic heterocycles. The summed E-state index contributed by atoms with van der Waals surface area (Å²) in [5.74, 6) is 0.351. The van der Waals surface area contributed by atoms with E-state index in [4.69, 9.17) is 9.97 Å². The van der Waals surface area contributed by atoms with Crippen molar-refractivity contribution in [2.24, 2.45) is 12.5 Å². The third kappa shape index (κ3) is 6.09. The van der Waals surface area contributed by atoms with Gasteiger partial charge in [-0.2, -0.15) is 4.98 Å². The number of nitrogens with zero attached hydrogens (tertiary/aromatic N) is 9. The maximum Gasteiger partial charge on any atom is 0.329 e. The number of pyridine rings is 1. The number of carbonyl (C=O) groups is 3. The number of para-hydroxylation sites is 1. The molecule has 4 fully saturated rings. The number of aromatic nitrogens is 6. The monoisotopic (exact) mass is 745 g/mol. The first-order valence-electron chi connectivity index (χ1n) is 19.5. The topological polar surface area (TPSA) is 156 Å². The number of amides is 3. The molecule has 286 valence electrons. The summed E-state index contributed by atoms with van der Waals surface area (Å²) in [5.41, 5.74) is 4.97. The first kappa shape index (κ1) is 35.0. The number of fused-ring (bicyclic) bond motifs is 2. The van der Waals surface area contributed by atoms with E-state index >= 15 is 0 Å². The van der Waals surface area contributed by atoms with Crippen molar-refractivity contribution in [2.45, 2.75) is 69.9 Å². The molecule has 4 aromatic heterocycles. The number of imidazole rings is 1. The largest absolute Gasteiger partial charge is 0.370 e. The van der Waals surface area contributed by atoms with Gasteiger partial charge in [0.2, 0.25) is 17.8 Å². The minimum Gasteiger partial charge on any atom is -0.370 e. The molecule has 3 saturated heterocycles. The highest BCUT2D eigenvalue weighted by atomic mass is 16.2. The Kier molecular flexibility index (Phi) is 8.61. The van der Waals surface area contributed by atoms with E-state index in [-0.39, 0.29) is 35.4 Å². The summed E-state index contributed by atoms with van der Waals surface area (Å²) in [6.07, 6.45) is 11.7. The van der Waals surface area contributed by atoms with Crippen molar-refractivity contribution < 1.29 is 14.4 Å². The lowest BCUT2D eigenvalue weighted by atomic mass is 9.77. The maximum absolute atomic E-state index is 13.5. The zero-order valence-corrected chi connectivity index (χ0v) is 31.6. The Bertz CT molecular complexity index is 2380. The van der Waals surface area contributed by atoms with Gasteiger partial charge in [-0.3, -0.25) is 28.8 Å². The Morgan fingerprint density at radius 3 is 2.40 bits per heavy atom. The summed E-state index contributed by atoms with van der Waals surface area (Å²) in [6.45, 7) is 3.63. The van der Waals surface area contributed by atoms with E-state index < -0.39 is 11.9 Å². The fraction of sp³-hybridized carbons (Fsp3) is 0.475. The quantitative estimate of drug-likeness (QED) is 0.227. The molecule has 15 nitrogen and oxygen atoms in total. The Morgan fingerprint density at radius 1 is 0.927 bits per heavy atom. The predicted molar refractivity (Wildman–Crippen MR) is 210 cm³/mol. The van der Waals surface area contributed by atoms with Crippen LogP contribution in [-0.2, 0) is 16.6 Å². The highest BCUT2D eigenvalue weighted by Gasteiger charge is 2.42. The summed E-state index contributed by atoms with van der Waals surface area (Å²) < 4.78 is 5.33. The van der Waals surface area contributed by atoms with Gasteiger partial charge in [0.15, 0.2) is 0 Å². The number of imide groups is 1. The van der Waals surface area contributed by atoms with Crippen molar-refractivity contribution in [1.29, 1.82) is 0 Å². The molecule has 1 spiro atoms. The number of hydrogen-bond donors (Lipinski definition) is 2. The number of aryl methyl sites for hydroxylation is 1. The van der Waals surface area contributed by atoms with Crippen molar-refractivity contribution in [3.8, 4) is 0 Å². The molecule has 5 aromatic rings. The van der Waals surface area contributed by atoms with Crippen molar-refractivity contribution in [3.63, 3.8) is 0 Å². The molecule has 2 N–H and O–H groups in total. The van der Waals surface area contributed by atoms with Gasteiger partial charge in [-0.25, -0.2) is 14.8 Å². The van der Waals surface area contributed by atoms with Gasteiger partial charge in [-0.1, -0.05) is 18.9 Å². The van der Waals surface area contributed by atoms with Gasteiger partial charge in [0.25, 0.3) is 5.91 Å². The molecule has 4 aliphatic rings. The number of carbonyl (C=O) groups excluding carboxylic acids is 3. The smallest absolute Gasteiger partial charge is 0.329 e. The van der Waals surface area contributed by atoms with E-state index in [1.807, 2.05) is 30.5 Å². The van der Waals surface area contributed by atoms with Gasteiger partial charge in [0.1, 0.15) is 23.2 Å². The summed E-state index contributed by atoms with van der Waals surface area (Å²) in [6, 6.07) is 11.4. The Morgan fingerprint density at radius 2 is 1.69 bits per heavy atom. The number of rotatable bonds is 7. The van der Waals surface area contributed by atoms with Crippen LogP contribution in [0.4, 0.5) is 23.1 Å². The van der Waals surface area contributed by atoms with Crippen molar-refractivity contribution >= 4 is 62.9 Å². The second-order valence-corrected chi connectivity index (χ2v) is 16.0. The predicted octanol–water partition coefficient (Wildman–Crippen LogP) is 4.51. The van der Waals surface area contributed by atoms with E-state index in [1.54, 1.807) is 41.4 Å². The fourth-order valence-corrected chi connectivity index (χ4v) is 9.45. The van der Waals surface area contributed by atoms with Gasteiger partial charge >= 0.3 is 5.69 Å². The molecule has 1 saturated carbocycles. The van der Waals surface area contributed by atoms with Crippen LogP contribution >= 0.6 is 0 Å². The normalized spacial score (nSPS) is 20.2. The molecule has 1 aromatic carbocycles. The number of anilines is 4. The molecule has 15 heteroatoms. The van der Waals surface area contributed by atoms with E-state index in [2.05, 4.69) is 42.1 Å². The Hall–Kier alpha value is -5.73. The zero-order valence-electron chi connectivity index (χ0n) is 31.6. The molecular weight excluding hydrogens is 699 g/mol. The highest BCUT2D eigenvalue weighted by molar-refractivity contribution is 6.01. The first-order chi connectivity index (χ1) is 26.6. The molecule has 9 rings (SSSR count). The molecule has 0 radical (unpaired) electrons. The fourth-order valence-electron chi connectivity index (χ4n) is 9.45. The van der Waals surface area contributed by atoms with Crippen LogP contribution in [-0.4, -0.2) is 91.5 Å². The molecule has 7 heterocycles. The number of benzene rings is 1. The van der Waals surface area contributed by atoms with Crippen LogP contribution in [0.2, 0.25) is 0 Å². The lowest BCUT2D eigenvalue weighted by Gasteiger charge is -2.40. The summed E-state index contributed by atoms with van der Waals surface area (Å²) in [7, 11) is 5.32. The molecule has 55 heavy (non-hydrogen) atoms. The minimum absolute atomic E-state index is 0.0319. The van der Waals surface area contributed by atoms with E-state index in [0.29, 0.717) is 23.9 Å². The molecule has 3 amide bonds. The van der Waals surface area contributed by atoms with Crippen LogP contribution in [0.3, 0.4) is 0 Å². The second-order valence-electron chi connectivity index (χ2n) is 16.0. The van der Waals surface area contributed by atoms with Crippen molar-refractivity contribution in [2.75, 3.05) is 55.4 Å². The average molecular weight is 746 g/mol. The molecule has 0 unspecified atom stereocenters. The highest BCUT2D eigenvalue weighted by Crippen LogP contribution is 2.44. The Balaban J connectivity index is 0.872. The third-order valence-electron chi connectivity index (χ3n) is 12.5. The number of piperidine rings is 2. The molecule has 1 atom stereocenters. The van der Waals surface area contributed by atoms with Crippen LogP contribution in [0.15, 0.2) is 53.6 Å². The molecular formula is C40H47N11O4. The van der Waals surface area contributed by atoms with Gasteiger partial charge in [-0.15, -0.1) is 0 Å². The SMILES string of the molecule is CN(C)C(=O)c1cc2cnc(Nc3ccc(N4CCC5(CC4)CCN(c4cccc6c4n(C)c(=O)n6[C@@H]4CCC(=O)NC4=O)C5)cn3)nc2n1C1CCCC1. The zero-order chi connectivity index (χ0) is 38.0. The summed E-state index contributed by atoms with van der Waals surface area (Å²) >= 11 is 0. The summed E-state index contributed by atoms with van der Waals surface area (Å²) in [5, 5.41) is 6.54. The van der Waals surface area contributed by atoms with Crippen LogP contribution in [0.25, 0.3) is 22.1 Å². The number of nitrogens with one attached hydrogen (secondary N) is 2. The minimum atomic E-state index is -0.704. The lowest BCUT2D eigenvalue weighted by Crippen LogP contribution is -2.44. The van der Waals surface area contributed by atoms with Crippen LogP contribution in [0.1, 0.15) is 80.4 Å². The lowest BCUT2D eigenvalue weighted by molar-refractivity contribution is -0.135. The van der Waals surface area contributed by atoms with Gasteiger partial charge in [0.05, 0.1) is 28.6 Å². The Labute approximate surface area is 318 Å². The van der Waals surface area contributed by atoms with E-state index in [1.165, 1.54) is 0 Å². The third-order valence-corrected chi connectivity index (χ3v) is 12.5. The average Bonchev–Trinajstić information content (AvgIpc) is 3.98. The van der Waals surface area contributed by atoms with E-state index in [0.717, 1.165) is 105 Å². The second kappa shape index (κ2) is 13.5. The summed E-state index contributed by atoms with van der Waals surface area (Å²) in [4.78, 5) is 71.8. The van der Waals surface area contributed by atoms with Gasteiger partial charge in [0, 0.05) is 71.4 Å². The molecule has 0 bridgehead atoms. The first-order valence-corrected chi connectivity index (χ1v) is 19.5. The standard InChI is InChI=1S/C40H47N11O4/c1-46(2)37(54)31-21-25-22-42-38(45-35(25)50(31)26-7-4-5-8-26)43-32-13-11-27(23-41-32)48-18-15-40(16-19-48)17-20-49(24-40)28-9-6-10-29-34(28)47(3)39(55)51(29)30-12-14-33(52)44-36(30)53/h6,9-11,13,21-23,26,30H,4-5,7-8,12,14-20,24H2,1-3H3,(H,44,52,53)(H,41,42,43,45)/t30-/m1/s1. The van der Waals surface area contributed by atoms with Crippen LogP contribution in [0.5, 0.6) is 0 Å². The van der Waals surface area contributed by atoms with Crippen molar-refractivity contribution in [3.05, 3.63) is 65.0 Å².